The molecule has 1 amide bonds. The fourth-order valence-electron chi connectivity index (χ4n) is 2.52. The van der Waals surface area contributed by atoms with Crippen molar-refractivity contribution in [2.24, 2.45) is 0 Å². The van der Waals surface area contributed by atoms with Crippen molar-refractivity contribution in [2.45, 2.75) is 20.4 Å². The van der Waals surface area contributed by atoms with Crippen molar-refractivity contribution in [1.29, 1.82) is 0 Å². The molecule has 0 saturated heterocycles. The standard InChI is InChI=1S/C21H26N2O2/c1-5-12-25-19-10-8-18(9-11-19)14-23(4)15-21(24)22-20-13-16(2)6-7-17(20)3/h5-11,13H,1,12,14-15H2,2-4H3,(H,22,24). The van der Waals surface area contributed by atoms with Gasteiger partial charge in [-0.15, -0.1) is 0 Å². The second kappa shape index (κ2) is 9.04. The van der Waals surface area contributed by atoms with Gasteiger partial charge in [-0.2, -0.15) is 0 Å². The summed E-state index contributed by atoms with van der Waals surface area (Å²) in [4.78, 5) is 14.3. The van der Waals surface area contributed by atoms with Crippen LogP contribution in [0.3, 0.4) is 0 Å². The SMILES string of the molecule is C=CCOc1ccc(CN(C)CC(=O)Nc2cc(C)ccc2C)cc1. The highest BCUT2D eigenvalue weighted by Gasteiger charge is 2.09. The Kier molecular flexibility index (Phi) is 6.78. The normalized spacial score (nSPS) is 10.6. The second-order valence-corrected chi connectivity index (χ2v) is 6.28. The van der Waals surface area contributed by atoms with Crippen molar-refractivity contribution in [2.75, 3.05) is 25.5 Å². The number of benzene rings is 2. The van der Waals surface area contributed by atoms with E-state index < -0.39 is 0 Å². The Balaban J connectivity index is 1.86. The van der Waals surface area contributed by atoms with Crippen LogP contribution < -0.4 is 10.1 Å². The van der Waals surface area contributed by atoms with Crippen molar-refractivity contribution in [3.63, 3.8) is 0 Å². The predicted octanol–water partition coefficient (Wildman–Crippen LogP) is 3.94. The Hall–Kier alpha value is -2.59. The maximum atomic E-state index is 12.3. The van der Waals surface area contributed by atoms with Crippen LogP contribution in [0.5, 0.6) is 5.75 Å². The largest absolute Gasteiger partial charge is 0.490 e. The molecular weight excluding hydrogens is 312 g/mol. The maximum absolute atomic E-state index is 12.3. The van der Waals surface area contributed by atoms with E-state index in [0.717, 1.165) is 28.1 Å². The molecule has 0 fully saturated rings. The lowest BCUT2D eigenvalue weighted by Gasteiger charge is -2.17. The highest BCUT2D eigenvalue weighted by Crippen LogP contribution is 2.17. The first-order valence-corrected chi connectivity index (χ1v) is 8.36. The molecule has 4 heteroatoms. The van der Waals surface area contributed by atoms with Gasteiger partial charge >= 0.3 is 0 Å². The Morgan fingerprint density at radius 2 is 1.92 bits per heavy atom. The van der Waals surface area contributed by atoms with Crippen LogP contribution in [-0.4, -0.2) is 31.0 Å². The zero-order valence-corrected chi connectivity index (χ0v) is 15.2. The molecule has 4 nitrogen and oxygen atoms in total. The molecule has 0 saturated carbocycles. The fourth-order valence-corrected chi connectivity index (χ4v) is 2.52. The van der Waals surface area contributed by atoms with Crippen molar-refractivity contribution in [3.05, 3.63) is 71.8 Å². The summed E-state index contributed by atoms with van der Waals surface area (Å²) in [7, 11) is 1.94. The van der Waals surface area contributed by atoms with E-state index in [1.54, 1.807) is 6.08 Å². The van der Waals surface area contributed by atoms with Crippen LogP contribution >= 0.6 is 0 Å². The van der Waals surface area contributed by atoms with E-state index in [4.69, 9.17) is 4.74 Å². The molecule has 2 aromatic rings. The average molecular weight is 338 g/mol. The number of anilines is 1. The minimum atomic E-state index is -0.0119. The van der Waals surface area contributed by atoms with Crippen LogP contribution in [-0.2, 0) is 11.3 Å². The number of carbonyl (C=O) groups is 1. The summed E-state index contributed by atoms with van der Waals surface area (Å²) in [6, 6.07) is 13.9. The zero-order valence-electron chi connectivity index (χ0n) is 15.2. The first kappa shape index (κ1) is 18.7. The molecule has 2 aromatic carbocycles. The molecule has 0 spiro atoms. The molecule has 25 heavy (non-hydrogen) atoms. The van der Waals surface area contributed by atoms with E-state index in [0.29, 0.717) is 19.7 Å². The lowest BCUT2D eigenvalue weighted by Crippen LogP contribution is -2.30. The van der Waals surface area contributed by atoms with Crippen LogP contribution in [0.15, 0.2) is 55.1 Å². The third-order valence-electron chi connectivity index (χ3n) is 3.82. The summed E-state index contributed by atoms with van der Waals surface area (Å²) in [5, 5.41) is 2.99. The minimum absolute atomic E-state index is 0.0119. The van der Waals surface area contributed by atoms with E-state index in [9.17, 15) is 4.79 Å². The topological polar surface area (TPSA) is 41.6 Å². The minimum Gasteiger partial charge on any atom is -0.490 e. The molecule has 132 valence electrons. The van der Waals surface area contributed by atoms with Gasteiger partial charge in [-0.05, 0) is 55.8 Å². The number of hydrogen-bond acceptors (Lipinski definition) is 3. The Labute approximate surface area is 150 Å². The summed E-state index contributed by atoms with van der Waals surface area (Å²) in [6.45, 7) is 9.17. The third kappa shape index (κ3) is 6.08. The second-order valence-electron chi connectivity index (χ2n) is 6.28. The number of carbonyl (C=O) groups excluding carboxylic acids is 1. The van der Waals surface area contributed by atoms with Crippen molar-refractivity contribution < 1.29 is 9.53 Å². The first-order valence-electron chi connectivity index (χ1n) is 8.36. The van der Waals surface area contributed by atoms with Crippen molar-refractivity contribution in [3.8, 4) is 5.75 Å². The lowest BCUT2D eigenvalue weighted by molar-refractivity contribution is -0.117. The Morgan fingerprint density at radius 3 is 2.60 bits per heavy atom. The number of ether oxygens (including phenoxy) is 1. The summed E-state index contributed by atoms with van der Waals surface area (Å²) in [6.07, 6.45) is 1.72. The summed E-state index contributed by atoms with van der Waals surface area (Å²) in [5.74, 6) is 0.807. The lowest BCUT2D eigenvalue weighted by atomic mass is 10.1. The predicted molar refractivity (Wildman–Crippen MR) is 103 cm³/mol. The maximum Gasteiger partial charge on any atom is 0.238 e. The number of rotatable bonds is 8. The van der Waals surface area contributed by atoms with Crippen LogP contribution in [0, 0.1) is 13.8 Å². The van der Waals surface area contributed by atoms with E-state index in [1.165, 1.54) is 0 Å². The average Bonchev–Trinajstić information content (AvgIpc) is 2.57. The molecule has 0 atom stereocenters. The summed E-state index contributed by atoms with van der Waals surface area (Å²) >= 11 is 0. The fraction of sp³-hybridized carbons (Fsp3) is 0.286. The van der Waals surface area contributed by atoms with Crippen molar-refractivity contribution in [1.82, 2.24) is 4.90 Å². The molecule has 0 aromatic heterocycles. The van der Waals surface area contributed by atoms with Crippen LogP contribution in [0.2, 0.25) is 0 Å². The van der Waals surface area contributed by atoms with Crippen molar-refractivity contribution >= 4 is 11.6 Å². The first-order chi connectivity index (χ1) is 12.0. The molecular formula is C21H26N2O2. The number of amides is 1. The number of nitrogens with zero attached hydrogens (tertiary/aromatic N) is 1. The van der Waals surface area contributed by atoms with E-state index >= 15 is 0 Å². The zero-order chi connectivity index (χ0) is 18.2. The van der Waals surface area contributed by atoms with Crippen LogP contribution in [0.1, 0.15) is 16.7 Å². The molecule has 0 radical (unpaired) electrons. The molecule has 0 aliphatic rings. The van der Waals surface area contributed by atoms with Gasteiger partial charge in [0.15, 0.2) is 0 Å². The molecule has 0 aliphatic heterocycles. The number of nitrogens with one attached hydrogen (secondary N) is 1. The van der Waals surface area contributed by atoms with E-state index in [2.05, 4.69) is 11.9 Å². The van der Waals surface area contributed by atoms with Crippen LogP contribution in [0.25, 0.3) is 0 Å². The smallest absolute Gasteiger partial charge is 0.238 e. The Morgan fingerprint density at radius 1 is 1.20 bits per heavy atom. The van der Waals surface area contributed by atoms with Gasteiger partial charge in [0.05, 0.1) is 6.54 Å². The number of likely N-dealkylation sites (N-methyl/N-ethyl adjacent to an activating group) is 1. The van der Waals surface area contributed by atoms with E-state index in [1.807, 2.05) is 68.3 Å². The molecule has 2 rings (SSSR count). The van der Waals surface area contributed by atoms with Gasteiger partial charge in [0, 0.05) is 12.2 Å². The van der Waals surface area contributed by atoms with Gasteiger partial charge in [-0.3, -0.25) is 9.69 Å². The van der Waals surface area contributed by atoms with Gasteiger partial charge in [0.2, 0.25) is 5.91 Å². The Bertz CT molecular complexity index is 723. The van der Waals surface area contributed by atoms with E-state index in [-0.39, 0.29) is 5.91 Å². The summed E-state index contributed by atoms with van der Waals surface area (Å²) < 4.78 is 5.47. The monoisotopic (exact) mass is 338 g/mol. The third-order valence-corrected chi connectivity index (χ3v) is 3.82. The quantitative estimate of drug-likeness (QED) is 0.741. The highest BCUT2D eigenvalue weighted by molar-refractivity contribution is 5.93. The van der Waals surface area contributed by atoms with Gasteiger partial charge in [0.25, 0.3) is 0 Å². The highest BCUT2D eigenvalue weighted by atomic mass is 16.5. The molecule has 0 unspecified atom stereocenters. The van der Waals surface area contributed by atoms with Gasteiger partial charge in [-0.1, -0.05) is 36.9 Å². The molecule has 0 heterocycles. The van der Waals surface area contributed by atoms with Gasteiger partial charge < -0.3 is 10.1 Å². The molecule has 0 bridgehead atoms. The number of hydrogen-bond donors (Lipinski definition) is 1. The van der Waals surface area contributed by atoms with Gasteiger partial charge in [-0.25, -0.2) is 0 Å². The van der Waals surface area contributed by atoms with Gasteiger partial charge in [0.1, 0.15) is 12.4 Å². The molecule has 0 aliphatic carbocycles. The summed E-state index contributed by atoms with van der Waals surface area (Å²) in [5.41, 5.74) is 4.21. The van der Waals surface area contributed by atoms with Crippen LogP contribution in [0.4, 0.5) is 5.69 Å². The molecule has 1 N–H and O–H groups in total. The number of aryl methyl sites for hydroxylation is 2.